The number of hydrogen-bond acceptors (Lipinski definition) is 3. The van der Waals surface area contributed by atoms with Crippen molar-refractivity contribution in [2.45, 2.75) is 44.1 Å². The quantitative estimate of drug-likeness (QED) is 0.782. The molecule has 3 heteroatoms. The van der Waals surface area contributed by atoms with E-state index in [1.807, 2.05) is 0 Å². The molecule has 0 atom stereocenters. The molecule has 0 aromatic heterocycles. The van der Waals surface area contributed by atoms with E-state index < -0.39 is 0 Å². The minimum atomic E-state index is 0.213. The Morgan fingerprint density at radius 1 is 1.00 bits per heavy atom. The van der Waals surface area contributed by atoms with Gasteiger partial charge in [-0.2, -0.15) is 0 Å². The first-order chi connectivity index (χ1) is 8.23. The summed E-state index contributed by atoms with van der Waals surface area (Å²) in [6, 6.07) is 0. The summed E-state index contributed by atoms with van der Waals surface area (Å²) in [4.78, 5) is 5.28. The molecule has 0 aromatic carbocycles. The Hall–Kier alpha value is -0.120. The van der Waals surface area contributed by atoms with Crippen molar-refractivity contribution in [1.29, 1.82) is 0 Å². The van der Waals surface area contributed by atoms with Gasteiger partial charge in [-0.05, 0) is 51.0 Å². The van der Waals surface area contributed by atoms with Crippen LogP contribution < -0.4 is 5.73 Å². The van der Waals surface area contributed by atoms with Gasteiger partial charge in [-0.25, -0.2) is 0 Å². The van der Waals surface area contributed by atoms with Crippen molar-refractivity contribution in [1.82, 2.24) is 9.80 Å². The van der Waals surface area contributed by atoms with Gasteiger partial charge in [0.2, 0.25) is 0 Å². The van der Waals surface area contributed by atoms with Gasteiger partial charge in [-0.1, -0.05) is 0 Å². The number of nitrogens with two attached hydrogens (primary N) is 1. The van der Waals surface area contributed by atoms with Gasteiger partial charge in [0.15, 0.2) is 0 Å². The summed E-state index contributed by atoms with van der Waals surface area (Å²) in [6.45, 7) is 7.70. The number of rotatable bonds is 5. The molecular formula is C14H27N3. The zero-order chi connectivity index (χ0) is 11.7. The highest BCUT2D eigenvalue weighted by Crippen LogP contribution is 2.32. The largest absolute Gasteiger partial charge is 0.325 e. The second kappa shape index (κ2) is 4.87. The van der Waals surface area contributed by atoms with Crippen molar-refractivity contribution in [3.8, 4) is 0 Å². The van der Waals surface area contributed by atoms with Crippen molar-refractivity contribution < 1.29 is 0 Å². The lowest BCUT2D eigenvalue weighted by atomic mass is 9.75. The predicted octanol–water partition coefficient (Wildman–Crippen LogP) is 1.29. The van der Waals surface area contributed by atoms with E-state index >= 15 is 0 Å². The van der Waals surface area contributed by atoms with E-state index in [2.05, 4.69) is 9.80 Å². The van der Waals surface area contributed by atoms with Crippen molar-refractivity contribution in [2.75, 3.05) is 39.3 Å². The lowest BCUT2D eigenvalue weighted by molar-refractivity contribution is 0.110. The Morgan fingerprint density at radius 3 is 2.18 bits per heavy atom. The smallest absolute Gasteiger partial charge is 0.0166 e. The van der Waals surface area contributed by atoms with Crippen molar-refractivity contribution >= 4 is 0 Å². The van der Waals surface area contributed by atoms with Gasteiger partial charge in [0.1, 0.15) is 0 Å². The highest BCUT2D eigenvalue weighted by atomic mass is 15.3. The van der Waals surface area contributed by atoms with Crippen LogP contribution >= 0.6 is 0 Å². The van der Waals surface area contributed by atoms with Gasteiger partial charge < -0.3 is 15.5 Å². The maximum atomic E-state index is 6.28. The molecule has 3 fully saturated rings. The van der Waals surface area contributed by atoms with E-state index in [-0.39, 0.29) is 5.54 Å². The zero-order valence-corrected chi connectivity index (χ0v) is 11.0. The molecule has 0 unspecified atom stereocenters. The summed E-state index contributed by atoms with van der Waals surface area (Å²) in [5.74, 6) is 1.05. The Bertz CT molecular complexity index is 250. The van der Waals surface area contributed by atoms with E-state index in [0.717, 1.165) is 5.92 Å². The number of hydrogen-bond donors (Lipinski definition) is 1. The van der Waals surface area contributed by atoms with Gasteiger partial charge >= 0.3 is 0 Å². The lowest BCUT2D eigenvalue weighted by Gasteiger charge is -2.41. The first-order valence-corrected chi connectivity index (χ1v) is 7.47. The van der Waals surface area contributed by atoms with Gasteiger partial charge in [0, 0.05) is 38.3 Å². The van der Waals surface area contributed by atoms with Crippen LogP contribution in [0.25, 0.3) is 0 Å². The molecule has 3 rings (SSSR count). The van der Waals surface area contributed by atoms with Crippen LogP contribution in [0.15, 0.2) is 0 Å². The van der Waals surface area contributed by atoms with Gasteiger partial charge in [0.05, 0.1) is 0 Å². The van der Waals surface area contributed by atoms with Gasteiger partial charge in [-0.15, -0.1) is 0 Å². The maximum Gasteiger partial charge on any atom is 0.0166 e. The molecule has 2 N–H and O–H groups in total. The fraction of sp³-hybridized carbons (Fsp3) is 1.00. The van der Waals surface area contributed by atoms with E-state index in [1.165, 1.54) is 77.8 Å². The summed E-state index contributed by atoms with van der Waals surface area (Å²) in [6.07, 6.45) is 8.05. The van der Waals surface area contributed by atoms with Crippen LogP contribution in [0.3, 0.4) is 0 Å². The molecule has 3 aliphatic rings. The third kappa shape index (κ3) is 3.21. The van der Waals surface area contributed by atoms with E-state index in [1.54, 1.807) is 0 Å². The number of nitrogens with zero attached hydrogens (tertiary/aromatic N) is 2. The Morgan fingerprint density at radius 2 is 1.65 bits per heavy atom. The predicted molar refractivity (Wildman–Crippen MR) is 71.0 cm³/mol. The van der Waals surface area contributed by atoms with Crippen LogP contribution in [0.1, 0.15) is 38.5 Å². The average molecular weight is 237 g/mol. The van der Waals surface area contributed by atoms with Crippen LogP contribution in [0.2, 0.25) is 0 Å². The Kier molecular flexibility index (Phi) is 3.42. The van der Waals surface area contributed by atoms with Crippen molar-refractivity contribution in [3.63, 3.8) is 0 Å². The topological polar surface area (TPSA) is 32.5 Å². The second-order valence-corrected chi connectivity index (χ2v) is 6.55. The third-order valence-electron chi connectivity index (χ3n) is 4.95. The highest BCUT2D eigenvalue weighted by molar-refractivity contribution is 4.93. The Labute approximate surface area is 105 Å². The van der Waals surface area contributed by atoms with Crippen molar-refractivity contribution in [2.24, 2.45) is 11.7 Å². The first-order valence-electron chi connectivity index (χ1n) is 7.47. The molecule has 0 radical (unpaired) electrons. The molecule has 0 bridgehead atoms. The summed E-state index contributed by atoms with van der Waals surface area (Å²) in [7, 11) is 0. The fourth-order valence-electron chi connectivity index (χ4n) is 3.12. The molecule has 2 aliphatic carbocycles. The zero-order valence-electron chi connectivity index (χ0n) is 11.0. The molecule has 0 aromatic rings. The van der Waals surface area contributed by atoms with Gasteiger partial charge in [0.25, 0.3) is 0 Å². The lowest BCUT2D eigenvalue weighted by Crippen LogP contribution is -2.52. The minimum absolute atomic E-state index is 0.213. The van der Waals surface area contributed by atoms with E-state index in [0.29, 0.717) is 0 Å². The molecular weight excluding hydrogens is 210 g/mol. The summed E-state index contributed by atoms with van der Waals surface area (Å²) >= 11 is 0. The summed E-state index contributed by atoms with van der Waals surface area (Å²) in [5, 5.41) is 0. The molecule has 1 aliphatic heterocycles. The van der Waals surface area contributed by atoms with Gasteiger partial charge in [-0.3, -0.25) is 0 Å². The SMILES string of the molecule is NC1(CCN2CCN(CC3CC3)CC2)CCC1. The minimum Gasteiger partial charge on any atom is -0.325 e. The van der Waals surface area contributed by atoms with Crippen LogP contribution in [0, 0.1) is 5.92 Å². The monoisotopic (exact) mass is 237 g/mol. The number of piperazine rings is 1. The molecule has 17 heavy (non-hydrogen) atoms. The van der Waals surface area contributed by atoms with E-state index in [4.69, 9.17) is 5.73 Å². The molecule has 0 amide bonds. The Balaban J connectivity index is 1.33. The molecule has 98 valence electrons. The molecule has 0 spiro atoms. The van der Waals surface area contributed by atoms with Crippen LogP contribution in [0.4, 0.5) is 0 Å². The summed E-state index contributed by atoms with van der Waals surface area (Å²) in [5.41, 5.74) is 6.50. The van der Waals surface area contributed by atoms with Crippen LogP contribution in [-0.2, 0) is 0 Å². The van der Waals surface area contributed by atoms with Crippen LogP contribution in [0.5, 0.6) is 0 Å². The van der Waals surface area contributed by atoms with Crippen molar-refractivity contribution in [3.05, 3.63) is 0 Å². The maximum absolute atomic E-state index is 6.28. The normalized spacial score (nSPS) is 30.2. The highest BCUT2D eigenvalue weighted by Gasteiger charge is 2.33. The average Bonchev–Trinajstić information content (AvgIpc) is 3.10. The standard InChI is InChI=1S/C14H27N3/c15-14(4-1-5-14)6-7-16-8-10-17(11-9-16)12-13-2-3-13/h13H,1-12,15H2. The summed E-state index contributed by atoms with van der Waals surface area (Å²) < 4.78 is 0. The second-order valence-electron chi connectivity index (χ2n) is 6.55. The molecule has 3 nitrogen and oxygen atoms in total. The molecule has 1 saturated heterocycles. The molecule has 2 saturated carbocycles. The third-order valence-corrected chi connectivity index (χ3v) is 4.95. The molecule has 1 heterocycles. The van der Waals surface area contributed by atoms with E-state index in [9.17, 15) is 0 Å². The fourth-order valence-corrected chi connectivity index (χ4v) is 3.12. The van der Waals surface area contributed by atoms with Crippen LogP contribution in [-0.4, -0.2) is 54.6 Å². The first kappa shape index (κ1) is 11.9.